The van der Waals surface area contributed by atoms with Crippen molar-refractivity contribution in [2.24, 2.45) is 5.41 Å². The summed E-state index contributed by atoms with van der Waals surface area (Å²) in [6, 6.07) is 1.78. The van der Waals surface area contributed by atoms with Gasteiger partial charge in [0.1, 0.15) is 0 Å². The van der Waals surface area contributed by atoms with Gasteiger partial charge in [0.2, 0.25) is 11.8 Å². The summed E-state index contributed by atoms with van der Waals surface area (Å²) in [7, 11) is 0. The number of anilines is 1. The summed E-state index contributed by atoms with van der Waals surface area (Å²) in [5, 5.41) is 3.28. The SMILES string of the molecule is CCOc1ccnc(NCC2(C)CCC2)n1. The minimum absolute atomic E-state index is 0.435. The van der Waals surface area contributed by atoms with Crippen LogP contribution in [0.3, 0.4) is 0 Å². The predicted molar refractivity (Wildman–Crippen MR) is 63.6 cm³/mol. The van der Waals surface area contributed by atoms with E-state index in [2.05, 4.69) is 22.2 Å². The highest BCUT2D eigenvalue weighted by Gasteiger charge is 2.31. The van der Waals surface area contributed by atoms with Crippen LogP contribution in [0.15, 0.2) is 12.3 Å². The van der Waals surface area contributed by atoms with Crippen LogP contribution in [0.2, 0.25) is 0 Å². The Labute approximate surface area is 96.4 Å². The minimum atomic E-state index is 0.435. The molecule has 1 N–H and O–H groups in total. The van der Waals surface area contributed by atoms with Crippen LogP contribution in [0.1, 0.15) is 33.1 Å². The topological polar surface area (TPSA) is 47.0 Å². The van der Waals surface area contributed by atoms with Crippen LogP contribution < -0.4 is 10.1 Å². The zero-order chi connectivity index (χ0) is 11.4. The number of rotatable bonds is 5. The zero-order valence-corrected chi connectivity index (χ0v) is 9.99. The molecule has 4 nitrogen and oxygen atoms in total. The van der Waals surface area contributed by atoms with Crippen LogP contribution in [-0.4, -0.2) is 23.1 Å². The van der Waals surface area contributed by atoms with Gasteiger partial charge in [-0.15, -0.1) is 0 Å². The van der Waals surface area contributed by atoms with E-state index in [-0.39, 0.29) is 0 Å². The third-order valence-electron chi connectivity index (χ3n) is 3.16. The first-order valence-electron chi connectivity index (χ1n) is 5.92. The summed E-state index contributed by atoms with van der Waals surface area (Å²) in [6.07, 6.45) is 5.66. The fourth-order valence-corrected chi connectivity index (χ4v) is 1.91. The molecular formula is C12H19N3O. The van der Waals surface area contributed by atoms with Crippen LogP contribution in [0.4, 0.5) is 5.95 Å². The smallest absolute Gasteiger partial charge is 0.225 e. The molecule has 88 valence electrons. The molecule has 0 spiro atoms. The van der Waals surface area contributed by atoms with Gasteiger partial charge in [-0.3, -0.25) is 0 Å². The molecule has 1 aliphatic rings. The van der Waals surface area contributed by atoms with Gasteiger partial charge in [0, 0.05) is 18.8 Å². The van der Waals surface area contributed by atoms with E-state index in [9.17, 15) is 0 Å². The van der Waals surface area contributed by atoms with Gasteiger partial charge in [-0.2, -0.15) is 4.98 Å². The Hall–Kier alpha value is -1.32. The second kappa shape index (κ2) is 4.68. The standard InChI is InChI=1S/C12H19N3O/c1-3-16-10-5-8-13-11(15-10)14-9-12(2)6-4-7-12/h5,8H,3-4,6-7,9H2,1-2H3,(H,13,14,15). The summed E-state index contributed by atoms with van der Waals surface area (Å²) in [5.74, 6) is 1.30. The molecule has 16 heavy (non-hydrogen) atoms. The molecule has 1 fully saturated rings. The lowest BCUT2D eigenvalue weighted by molar-refractivity contribution is 0.179. The number of hydrogen-bond donors (Lipinski definition) is 1. The largest absolute Gasteiger partial charge is 0.478 e. The van der Waals surface area contributed by atoms with Crippen molar-refractivity contribution in [3.05, 3.63) is 12.3 Å². The van der Waals surface area contributed by atoms with E-state index in [4.69, 9.17) is 4.74 Å². The van der Waals surface area contributed by atoms with Crippen LogP contribution in [-0.2, 0) is 0 Å². The molecule has 0 unspecified atom stereocenters. The summed E-state index contributed by atoms with van der Waals surface area (Å²) < 4.78 is 5.33. The predicted octanol–water partition coefficient (Wildman–Crippen LogP) is 2.48. The molecule has 0 saturated heterocycles. The van der Waals surface area contributed by atoms with E-state index in [1.165, 1.54) is 19.3 Å². The number of aromatic nitrogens is 2. The summed E-state index contributed by atoms with van der Waals surface area (Å²) >= 11 is 0. The molecule has 0 amide bonds. The molecular weight excluding hydrogens is 202 g/mol. The van der Waals surface area contributed by atoms with Gasteiger partial charge < -0.3 is 10.1 Å². The Balaban J connectivity index is 1.90. The zero-order valence-electron chi connectivity index (χ0n) is 9.99. The lowest BCUT2D eigenvalue weighted by Gasteiger charge is -2.38. The first-order chi connectivity index (χ1) is 7.72. The molecule has 0 bridgehead atoms. The van der Waals surface area contributed by atoms with Gasteiger partial charge in [-0.05, 0) is 25.2 Å². The van der Waals surface area contributed by atoms with Gasteiger partial charge in [-0.1, -0.05) is 13.3 Å². The maximum absolute atomic E-state index is 5.33. The number of hydrogen-bond acceptors (Lipinski definition) is 4. The van der Waals surface area contributed by atoms with Crippen molar-refractivity contribution in [1.82, 2.24) is 9.97 Å². The van der Waals surface area contributed by atoms with E-state index < -0.39 is 0 Å². The first kappa shape index (κ1) is 11.2. The van der Waals surface area contributed by atoms with Gasteiger partial charge in [0.05, 0.1) is 6.61 Å². The lowest BCUT2D eigenvalue weighted by Crippen LogP contribution is -2.33. The number of nitrogens with one attached hydrogen (secondary N) is 1. The molecule has 0 aromatic carbocycles. The molecule has 0 atom stereocenters. The maximum atomic E-state index is 5.33. The number of nitrogens with zero attached hydrogens (tertiary/aromatic N) is 2. The molecule has 2 rings (SSSR count). The van der Waals surface area contributed by atoms with Gasteiger partial charge >= 0.3 is 0 Å². The quantitative estimate of drug-likeness (QED) is 0.829. The minimum Gasteiger partial charge on any atom is -0.478 e. The van der Waals surface area contributed by atoms with Crippen LogP contribution in [0, 0.1) is 5.41 Å². The van der Waals surface area contributed by atoms with Crippen molar-refractivity contribution in [2.45, 2.75) is 33.1 Å². The average Bonchev–Trinajstić information content (AvgIpc) is 2.25. The van der Waals surface area contributed by atoms with Crippen molar-refractivity contribution >= 4 is 5.95 Å². The Morgan fingerprint density at radius 1 is 1.50 bits per heavy atom. The van der Waals surface area contributed by atoms with Crippen molar-refractivity contribution < 1.29 is 4.74 Å². The van der Waals surface area contributed by atoms with Gasteiger partial charge in [-0.25, -0.2) is 4.98 Å². The fraction of sp³-hybridized carbons (Fsp3) is 0.667. The molecule has 0 aliphatic heterocycles. The van der Waals surface area contributed by atoms with Crippen LogP contribution >= 0.6 is 0 Å². The normalized spacial score (nSPS) is 17.6. The van der Waals surface area contributed by atoms with E-state index in [0.29, 0.717) is 23.9 Å². The highest BCUT2D eigenvalue weighted by molar-refractivity contribution is 5.28. The maximum Gasteiger partial charge on any atom is 0.225 e. The highest BCUT2D eigenvalue weighted by Crippen LogP contribution is 2.39. The third-order valence-corrected chi connectivity index (χ3v) is 3.16. The Morgan fingerprint density at radius 2 is 2.31 bits per heavy atom. The van der Waals surface area contributed by atoms with E-state index in [1.807, 2.05) is 6.92 Å². The molecule has 1 aromatic rings. The highest BCUT2D eigenvalue weighted by atomic mass is 16.5. The second-order valence-corrected chi connectivity index (χ2v) is 4.67. The third kappa shape index (κ3) is 2.62. The van der Waals surface area contributed by atoms with Crippen LogP contribution in [0.25, 0.3) is 0 Å². The van der Waals surface area contributed by atoms with Crippen molar-refractivity contribution in [2.75, 3.05) is 18.5 Å². The molecule has 1 aliphatic carbocycles. The summed E-state index contributed by atoms with van der Waals surface area (Å²) in [4.78, 5) is 8.46. The average molecular weight is 221 g/mol. The number of ether oxygens (including phenoxy) is 1. The summed E-state index contributed by atoms with van der Waals surface area (Å²) in [6.45, 7) is 5.83. The monoisotopic (exact) mass is 221 g/mol. The van der Waals surface area contributed by atoms with Crippen molar-refractivity contribution in [3.8, 4) is 5.88 Å². The van der Waals surface area contributed by atoms with E-state index >= 15 is 0 Å². The first-order valence-corrected chi connectivity index (χ1v) is 5.92. The van der Waals surface area contributed by atoms with E-state index in [1.54, 1.807) is 12.3 Å². The van der Waals surface area contributed by atoms with E-state index in [0.717, 1.165) is 6.54 Å². The van der Waals surface area contributed by atoms with Gasteiger partial charge in [0.15, 0.2) is 0 Å². The van der Waals surface area contributed by atoms with Crippen LogP contribution in [0.5, 0.6) is 5.88 Å². The fourth-order valence-electron chi connectivity index (χ4n) is 1.91. The molecule has 1 saturated carbocycles. The molecule has 4 heteroatoms. The second-order valence-electron chi connectivity index (χ2n) is 4.67. The van der Waals surface area contributed by atoms with Gasteiger partial charge in [0.25, 0.3) is 0 Å². The Bertz CT molecular complexity index is 350. The lowest BCUT2D eigenvalue weighted by atomic mass is 9.70. The Morgan fingerprint density at radius 3 is 2.94 bits per heavy atom. The van der Waals surface area contributed by atoms with Crippen molar-refractivity contribution in [3.63, 3.8) is 0 Å². The summed E-state index contributed by atoms with van der Waals surface area (Å²) in [5.41, 5.74) is 0.435. The molecule has 1 aromatic heterocycles. The molecule has 0 radical (unpaired) electrons. The molecule has 1 heterocycles. The Kier molecular flexibility index (Phi) is 3.27. The van der Waals surface area contributed by atoms with Crippen molar-refractivity contribution in [1.29, 1.82) is 0 Å².